The lowest BCUT2D eigenvalue weighted by molar-refractivity contribution is 0.264. The maximum atomic E-state index is 13.5. The Morgan fingerprint density at radius 1 is 1.12 bits per heavy atom. The van der Waals surface area contributed by atoms with E-state index in [1.165, 1.54) is 0 Å². The van der Waals surface area contributed by atoms with E-state index in [9.17, 15) is 4.79 Å². The van der Waals surface area contributed by atoms with Crippen molar-refractivity contribution >= 4 is 22.5 Å². The molecule has 3 aromatic rings. The third-order valence-corrected chi connectivity index (χ3v) is 5.86. The summed E-state index contributed by atoms with van der Waals surface area (Å²) in [6.07, 6.45) is 1.11. The molecule has 0 N–H and O–H groups in total. The topological polar surface area (TPSA) is 36.7 Å². The van der Waals surface area contributed by atoms with Crippen LogP contribution in [0.1, 0.15) is 23.6 Å². The number of fused-ring (bicyclic) bond motifs is 4. The van der Waals surface area contributed by atoms with Crippen molar-refractivity contribution in [3.8, 4) is 0 Å². The molecule has 0 spiro atoms. The van der Waals surface area contributed by atoms with Crippen LogP contribution in [0.3, 0.4) is 0 Å². The molecular weight excluding hydrogens is 324 g/mol. The van der Waals surface area contributed by atoms with Crippen LogP contribution in [0.15, 0.2) is 57.7 Å². The maximum absolute atomic E-state index is 13.5. The third kappa shape index (κ3) is 2.22. The van der Waals surface area contributed by atoms with Gasteiger partial charge in [-0.05, 0) is 57.1 Å². The lowest BCUT2D eigenvalue weighted by Crippen LogP contribution is -2.39. The van der Waals surface area contributed by atoms with E-state index in [4.69, 9.17) is 4.42 Å². The molecule has 0 aliphatic carbocycles. The predicted molar refractivity (Wildman–Crippen MR) is 104 cm³/mol. The van der Waals surface area contributed by atoms with Crippen LogP contribution in [0.2, 0.25) is 0 Å². The predicted octanol–water partition coefficient (Wildman–Crippen LogP) is 4.25. The highest BCUT2D eigenvalue weighted by Gasteiger charge is 2.43. The number of rotatable bonds is 1. The van der Waals surface area contributed by atoms with Gasteiger partial charge in [0.25, 0.3) is 0 Å². The van der Waals surface area contributed by atoms with E-state index in [0.29, 0.717) is 22.8 Å². The summed E-state index contributed by atoms with van der Waals surface area (Å²) in [6, 6.07) is 16.3. The smallest absolute Gasteiger partial charge is 0.209 e. The van der Waals surface area contributed by atoms with Gasteiger partial charge in [-0.15, -0.1) is 0 Å². The molecule has 4 heteroatoms. The zero-order chi connectivity index (χ0) is 17.8. The van der Waals surface area contributed by atoms with Crippen LogP contribution < -0.4 is 10.3 Å². The van der Waals surface area contributed by atoms with E-state index in [-0.39, 0.29) is 11.5 Å². The van der Waals surface area contributed by atoms with Gasteiger partial charge in [-0.1, -0.05) is 29.8 Å². The van der Waals surface area contributed by atoms with Gasteiger partial charge in [0.2, 0.25) is 5.88 Å². The summed E-state index contributed by atoms with van der Waals surface area (Å²) in [5.41, 5.74) is 3.77. The Hall–Kier alpha value is -2.59. The molecule has 2 atom stereocenters. The van der Waals surface area contributed by atoms with Gasteiger partial charge in [0.15, 0.2) is 5.43 Å². The minimum absolute atomic E-state index is 0.120. The molecule has 3 heterocycles. The van der Waals surface area contributed by atoms with Crippen LogP contribution in [0.5, 0.6) is 0 Å². The zero-order valence-corrected chi connectivity index (χ0v) is 15.1. The lowest BCUT2D eigenvalue weighted by Gasteiger charge is -2.38. The van der Waals surface area contributed by atoms with Crippen LogP contribution >= 0.6 is 0 Å². The maximum Gasteiger partial charge on any atom is 0.209 e. The number of para-hydroxylation sites is 1. The molecule has 0 saturated carbocycles. The Kier molecular flexibility index (Phi) is 3.44. The van der Waals surface area contributed by atoms with Crippen molar-refractivity contribution in [2.45, 2.75) is 19.4 Å². The number of nitrogens with zero attached hydrogens (tertiary/aromatic N) is 2. The fourth-order valence-electron chi connectivity index (χ4n) is 4.59. The Morgan fingerprint density at radius 2 is 1.92 bits per heavy atom. The number of hydrogen-bond acceptors (Lipinski definition) is 4. The minimum atomic E-state index is 0.120. The van der Waals surface area contributed by atoms with Crippen molar-refractivity contribution < 1.29 is 4.42 Å². The molecule has 0 unspecified atom stereocenters. The molecule has 1 fully saturated rings. The number of anilines is 2. The molecule has 26 heavy (non-hydrogen) atoms. The molecule has 2 aliphatic rings. The highest BCUT2D eigenvalue weighted by atomic mass is 16.4. The fourth-order valence-corrected chi connectivity index (χ4v) is 4.59. The average Bonchev–Trinajstić information content (AvgIpc) is 3.03. The summed E-state index contributed by atoms with van der Waals surface area (Å²) in [5, 5.41) is 0.692. The fraction of sp³-hybridized carbons (Fsp3) is 0.318. The standard InChI is InChI=1S/C22H22N2O2/c1-14-8-9-18-17(12-14)21(25)19-20-15(10-11-23(20)2)13-24(22(19)26-18)16-6-4-3-5-7-16/h3-9,12,15,20H,10-11,13H2,1-2H3/t15-,20-/m0/s1. The quantitative estimate of drug-likeness (QED) is 0.660. The van der Waals surface area contributed by atoms with Crippen LogP contribution in [-0.4, -0.2) is 25.0 Å². The van der Waals surface area contributed by atoms with E-state index in [1.807, 2.05) is 43.3 Å². The van der Waals surface area contributed by atoms with Crippen molar-refractivity contribution in [2.24, 2.45) is 5.92 Å². The summed E-state index contributed by atoms with van der Waals surface area (Å²) >= 11 is 0. The van der Waals surface area contributed by atoms with Crippen molar-refractivity contribution in [1.29, 1.82) is 0 Å². The number of benzene rings is 2. The third-order valence-electron chi connectivity index (χ3n) is 5.86. The first kappa shape index (κ1) is 15.6. The molecule has 132 valence electrons. The van der Waals surface area contributed by atoms with Gasteiger partial charge in [0.05, 0.1) is 10.9 Å². The van der Waals surface area contributed by atoms with Crippen molar-refractivity contribution in [2.75, 3.05) is 25.0 Å². The van der Waals surface area contributed by atoms with E-state index < -0.39 is 0 Å². The van der Waals surface area contributed by atoms with Crippen LogP contribution in [0.25, 0.3) is 11.0 Å². The molecule has 1 aromatic heterocycles. The second kappa shape index (κ2) is 5.71. The summed E-state index contributed by atoms with van der Waals surface area (Å²) in [7, 11) is 2.12. The minimum Gasteiger partial charge on any atom is -0.440 e. The zero-order valence-electron chi connectivity index (χ0n) is 15.1. The highest BCUT2D eigenvalue weighted by molar-refractivity contribution is 5.81. The summed E-state index contributed by atoms with van der Waals surface area (Å²) in [6.45, 7) is 3.91. The highest BCUT2D eigenvalue weighted by Crippen LogP contribution is 2.46. The lowest BCUT2D eigenvalue weighted by atomic mass is 9.88. The van der Waals surface area contributed by atoms with Crippen LogP contribution in [-0.2, 0) is 0 Å². The van der Waals surface area contributed by atoms with Gasteiger partial charge in [-0.25, -0.2) is 0 Å². The first-order valence-electron chi connectivity index (χ1n) is 9.23. The van der Waals surface area contributed by atoms with Gasteiger partial charge in [0, 0.05) is 18.3 Å². The molecule has 2 aromatic carbocycles. The van der Waals surface area contributed by atoms with Crippen LogP contribution in [0.4, 0.5) is 11.6 Å². The second-order valence-electron chi connectivity index (χ2n) is 7.57. The van der Waals surface area contributed by atoms with Crippen molar-refractivity contribution in [3.05, 3.63) is 69.9 Å². The largest absolute Gasteiger partial charge is 0.440 e. The normalized spacial score (nSPS) is 22.5. The Balaban J connectivity index is 1.82. The first-order valence-corrected chi connectivity index (χ1v) is 9.23. The summed E-state index contributed by atoms with van der Waals surface area (Å²) < 4.78 is 6.34. The molecule has 0 radical (unpaired) electrons. The molecular formula is C22H22N2O2. The van der Waals surface area contributed by atoms with Gasteiger partial charge in [-0.3, -0.25) is 9.69 Å². The van der Waals surface area contributed by atoms with E-state index in [0.717, 1.165) is 36.3 Å². The van der Waals surface area contributed by atoms with Gasteiger partial charge in [-0.2, -0.15) is 0 Å². The summed E-state index contributed by atoms with van der Waals surface area (Å²) in [5.74, 6) is 1.16. The monoisotopic (exact) mass is 346 g/mol. The number of likely N-dealkylation sites (tertiary alicyclic amines) is 1. The first-order chi connectivity index (χ1) is 12.6. The van der Waals surface area contributed by atoms with Gasteiger partial charge >= 0.3 is 0 Å². The molecule has 1 saturated heterocycles. The second-order valence-corrected chi connectivity index (χ2v) is 7.57. The molecule has 0 bridgehead atoms. The molecule has 0 amide bonds. The van der Waals surface area contributed by atoms with Crippen LogP contribution in [0, 0.1) is 12.8 Å². The van der Waals surface area contributed by atoms with Gasteiger partial charge < -0.3 is 9.32 Å². The van der Waals surface area contributed by atoms with Crippen molar-refractivity contribution in [1.82, 2.24) is 4.90 Å². The van der Waals surface area contributed by atoms with E-state index in [2.05, 4.69) is 29.0 Å². The average molecular weight is 346 g/mol. The number of aryl methyl sites for hydroxylation is 1. The molecule has 4 nitrogen and oxygen atoms in total. The Morgan fingerprint density at radius 3 is 2.73 bits per heavy atom. The Bertz CT molecular complexity index is 1040. The molecule has 5 rings (SSSR count). The SMILES string of the molecule is Cc1ccc2oc3c(c(=O)c2c1)[C@@H]1[C@@H](CCN1C)CN3c1ccccc1. The Labute approximate surface area is 152 Å². The summed E-state index contributed by atoms with van der Waals surface area (Å²) in [4.78, 5) is 18.0. The number of hydrogen-bond donors (Lipinski definition) is 0. The van der Waals surface area contributed by atoms with Gasteiger partial charge in [0.1, 0.15) is 5.58 Å². The van der Waals surface area contributed by atoms with E-state index in [1.54, 1.807) is 0 Å². The molecule has 2 aliphatic heterocycles. The van der Waals surface area contributed by atoms with Crippen molar-refractivity contribution in [3.63, 3.8) is 0 Å². The van der Waals surface area contributed by atoms with E-state index >= 15 is 0 Å².